The van der Waals surface area contributed by atoms with E-state index in [9.17, 15) is 4.79 Å². The van der Waals surface area contributed by atoms with Gasteiger partial charge in [0, 0.05) is 38.6 Å². The third-order valence-electron chi connectivity index (χ3n) is 10.8. The summed E-state index contributed by atoms with van der Waals surface area (Å²) in [5.74, 6) is -1.38. The molecule has 0 saturated heterocycles. The van der Waals surface area contributed by atoms with Crippen molar-refractivity contribution in [2.45, 2.75) is 79.4 Å². The predicted molar refractivity (Wildman–Crippen MR) is 233 cm³/mol. The van der Waals surface area contributed by atoms with Crippen LogP contribution in [0.4, 0.5) is 0 Å². The first-order chi connectivity index (χ1) is 26.3. The zero-order chi connectivity index (χ0) is 40.6. The first-order valence-electron chi connectivity index (χ1n) is 19.1. The molecule has 0 unspecified atom stereocenters. The van der Waals surface area contributed by atoms with Crippen LogP contribution in [-0.2, 0) is 30.4 Å². The first-order valence-corrected chi connectivity index (χ1v) is 22.9. The Hall–Kier alpha value is -4.30. The maximum Gasteiger partial charge on any atom is 0.372 e. The summed E-state index contributed by atoms with van der Waals surface area (Å²) in [7, 11) is -1.50. The summed E-state index contributed by atoms with van der Waals surface area (Å²) in [4.78, 5) is 24.7. The monoisotopic (exact) mass is 956 g/mol. The van der Waals surface area contributed by atoms with Gasteiger partial charge in [-0.15, -0.1) is 59.7 Å². The van der Waals surface area contributed by atoms with E-state index in [1.165, 1.54) is 30.9 Å². The fraction of sp³-hybridized carbons (Fsp3) is 0.271. The van der Waals surface area contributed by atoms with Crippen LogP contribution >= 0.6 is 11.3 Å². The van der Waals surface area contributed by atoms with E-state index in [1.54, 1.807) is 23.5 Å². The molecule has 1 radical (unpaired) electrons. The average Bonchev–Trinajstić information content (AvgIpc) is 3.55. The van der Waals surface area contributed by atoms with Crippen LogP contribution in [0.2, 0.25) is 19.6 Å². The summed E-state index contributed by atoms with van der Waals surface area (Å²) in [5.41, 5.74) is 8.63. The molecular weight excluding hydrogens is 905 g/mol. The van der Waals surface area contributed by atoms with E-state index in [1.807, 2.05) is 68.7 Å². The molecule has 5 nitrogen and oxygen atoms in total. The minimum absolute atomic E-state index is 0. The fourth-order valence-electron chi connectivity index (χ4n) is 6.52. The Labute approximate surface area is 351 Å². The van der Waals surface area contributed by atoms with Crippen molar-refractivity contribution < 1.29 is 36.4 Å². The minimum Gasteiger partial charge on any atom is -0.305 e. The van der Waals surface area contributed by atoms with Crippen molar-refractivity contribution in [2.75, 3.05) is 0 Å². The quantitative estimate of drug-likeness (QED) is 0.0746. The number of benzene rings is 4. The van der Waals surface area contributed by atoms with E-state index in [2.05, 4.69) is 119 Å². The van der Waals surface area contributed by atoms with Crippen LogP contribution in [0, 0.1) is 17.5 Å². The molecule has 3 aromatic heterocycles. The number of hydrogen-bond donors (Lipinski definition) is 1. The average molecular weight is 956 g/mol. The Kier molecular flexibility index (Phi) is 12.6. The second kappa shape index (κ2) is 17.0. The van der Waals surface area contributed by atoms with Gasteiger partial charge in [0.2, 0.25) is 0 Å². The van der Waals surface area contributed by atoms with Gasteiger partial charge in [-0.05, 0) is 90.4 Å². The smallest absolute Gasteiger partial charge is 0.305 e. The molecule has 0 fully saturated rings. The second-order valence-corrected chi connectivity index (χ2v) is 22.9. The van der Waals surface area contributed by atoms with Gasteiger partial charge in [-0.3, -0.25) is 4.89 Å². The molecule has 1 N–H and O–H groups in total. The van der Waals surface area contributed by atoms with E-state index >= 15 is 0 Å². The molecule has 0 bridgehead atoms. The molecule has 56 heavy (non-hydrogen) atoms. The van der Waals surface area contributed by atoms with Gasteiger partial charge < -0.3 is 9.97 Å². The molecule has 7 aromatic rings. The van der Waals surface area contributed by atoms with Crippen molar-refractivity contribution in [2.24, 2.45) is 5.41 Å². The summed E-state index contributed by atoms with van der Waals surface area (Å²) in [6.07, 6.45) is 3.89. The molecule has 0 aliphatic heterocycles. The number of fused-ring (bicyclic) bond motifs is 3. The zero-order valence-electron chi connectivity index (χ0n) is 34.8. The largest absolute Gasteiger partial charge is 0.372 e. The SMILES string of the molecule is CC(C)(C)C(C)(C)c1ccnc(-c2[c-]ccc3c2sc2ccc(-c4ccc(C(=O)OO)cc4)cc23)c1.[2H]C(C)(C)c1cc(-c2[c-]cccc2)ncc1[Si](C)(C)C.[Ir]. The Bertz CT molecular complexity index is 2520. The molecule has 0 saturated carbocycles. The number of carbonyl (C=O) groups is 1. The van der Waals surface area contributed by atoms with E-state index < -0.39 is 19.9 Å². The molecule has 7 rings (SSSR count). The number of thiophene rings is 1. The number of carbonyl (C=O) groups excluding carboxylic acids is 1. The zero-order valence-corrected chi connectivity index (χ0v) is 38.0. The normalized spacial score (nSPS) is 12.4. The van der Waals surface area contributed by atoms with Gasteiger partial charge >= 0.3 is 5.97 Å². The molecule has 0 amide bonds. The van der Waals surface area contributed by atoms with Crippen LogP contribution in [0.25, 0.3) is 53.8 Å². The van der Waals surface area contributed by atoms with Crippen LogP contribution in [0.1, 0.15) is 77.2 Å². The first kappa shape index (κ1) is 41.3. The van der Waals surface area contributed by atoms with Crippen LogP contribution in [0.5, 0.6) is 0 Å². The summed E-state index contributed by atoms with van der Waals surface area (Å²) in [6, 6.07) is 38.4. The van der Waals surface area contributed by atoms with Crippen LogP contribution in [0.3, 0.4) is 0 Å². The number of hydrogen-bond acceptors (Lipinski definition) is 6. The van der Waals surface area contributed by atoms with Crippen molar-refractivity contribution in [1.82, 2.24) is 9.97 Å². The molecular formula is C48H50IrN2O3SSi-2. The number of aromatic nitrogens is 2. The number of pyridine rings is 2. The molecule has 8 heteroatoms. The maximum atomic E-state index is 11.5. The predicted octanol–water partition coefficient (Wildman–Crippen LogP) is 12.8. The summed E-state index contributed by atoms with van der Waals surface area (Å²) in [5, 5.41) is 12.2. The van der Waals surface area contributed by atoms with Gasteiger partial charge in [-0.1, -0.05) is 109 Å². The number of nitrogens with zero attached hydrogens (tertiary/aromatic N) is 2. The molecule has 0 atom stereocenters. The van der Waals surface area contributed by atoms with Gasteiger partial charge in [-0.25, -0.2) is 4.79 Å². The Morgan fingerprint density at radius 2 is 1.55 bits per heavy atom. The topological polar surface area (TPSA) is 72.3 Å². The third kappa shape index (κ3) is 8.96. The summed E-state index contributed by atoms with van der Waals surface area (Å²) >= 11 is 1.76. The van der Waals surface area contributed by atoms with Crippen molar-refractivity contribution in [3.05, 3.63) is 138 Å². The van der Waals surface area contributed by atoms with Crippen LogP contribution < -0.4 is 5.19 Å². The van der Waals surface area contributed by atoms with Gasteiger partial charge in [-0.2, -0.15) is 16.6 Å². The van der Waals surface area contributed by atoms with Gasteiger partial charge in [0.05, 0.1) is 13.6 Å². The van der Waals surface area contributed by atoms with Crippen molar-refractivity contribution in [3.8, 4) is 33.6 Å². The summed E-state index contributed by atoms with van der Waals surface area (Å²) < 4.78 is 10.8. The van der Waals surface area contributed by atoms with E-state index in [4.69, 9.17) is 11.6 Å². The molecule has 0 spiro atoms. The standard InChI is InChI=1S/C31H28NO3S.C17H22NSi.Ir/c1-30(2,3)31(4,5)22-15-16-32-26(18-22)24-8-6-7-23-25-17-21(13-14-27(25)36-28(23)24)19-9-11-20(12-10-19)29(33)35-34;1-13(2)15-11-16(14-9-7-6-8-10-14)18-12-17(15)19(3,4)5;/h6-7,9-18,34H,1-5H3;6-9,11-13H,1-5H3;/q2*-1;/i;13D;. The fourth-order valence-corrected chi connectivity index (χ4v) is 9.29. The van der Waals surface area contributed by atoms with E-state index in [0.717, 1.165) is 39.2 Å². The maximum absolute atomic E-state index is 11.5. The molecule has 4 aromatic carbocycles. The van der Waals surface area contributed by atoms with E-state index in [0.29, 0.717) is 5.56 Å². The van der Waals surface area contributed by atoms with Gasteiger partial charge in [0.25, 0.3) is 0 Å². The van der Waals surface area contributed by atoms with Gasteiger partial charge in [0.15, 0.2) is 0 Å². The Morgan fingerprint density at radius 3 is 2.18 bits per heavy atom. The van der Waals surface area contributed by atoms with Crippen LogP contribution in [-0.4, -0.2) is 29.3 Å². The summed E-state index contributed by atoms with van der Waals surface area (Å²) in [6.45, 7) is 22.2. The number of rotatable bonds is 7. The van der Waals surface area contributed by atoms with Gasteiger partial charge in [0.1, 0.15) is 0 Å². The third-order valence-corrected chi connectivity index (χ3v) is 14.0. The van der Waals surface area contributed by atoms with E-state index in [-0.39, 0.29) is 30.9 Å². The van der Waals surface area contributed by atoms with Crippen molar-refractivity contribution in [3.63, 3.8) is 0 Å². The second-order valence-electron chi connectivity index (χ2n) is 16.8. The van der Waals surface area contributed by atoms with Crippen molar-refractivity contribution in [1.29, 1.82) is 0 Å². The molecule has 0 aliphatic rings. The van der Waals surface area contributed by atoms with Crippen LogP contribution in [0.15, 0.2) is 109 Å². The minimum atomic E-state index is -1.50. The Balaban J connectivity index is 0.000000251. The molecule has 3 heterocycles. The molecule has 0 aliphatic carbocycles. The van der Waals surface area contributed by atoms with Crippen molar-refractivity contribution >= 4 is 50.7 Å². The Morgan fingerprint density at radius 1 is 0.839 bits per heavy atom. The molecule has 291 valence electrons.